The van der Waals surface area contributed by atoms with E-state index in [1.54, 1.807) is 0 Å². The van der Waals surface area contributed by atoms with Gasteiger partial charge in [-0.15, -0.1) is 0 Å². The van der Waals surface area contributed by atoms with Crippen LogP contribution in [-0.2, 0) is 14.9 Å². The van der Waals surface area contributed by atoms with Crippen molar-refractivity contribution in [1.82, 2.24) is 0 Å². The number of hydrogen-bond acceptors (Lipinski definition) is 3. The molecule has 3 fully saturated rings. The van der Waals surface area contributed by atoms with Crippen molar-refractivity contribution in [2.45, 2.75) is 126 Å². The van der Waals surface area contributed by atoms with Crippen LogP contribution in [0, 0.1) is 0 Å². The Balaban J connectivity index is 1.58. The fourth-order valence-electron chi connectivity index (χ4n) is 6.95. The summed E-state index contributed by atoms with van der Waals surface area (Å²) in [5.41, 5.74) is 3.00. The molecule has 3 saturated carbocycles. The molecule has 3 aliphatic rings. The molecule has 2 unspecified atom stereocenters. The predicted molar refractivity (Wildman–Crippen MR) is 128 cm³/mol. The van der Waals surface area contributed by atoms with Crippen LogP contribution >= 0.6 is 7.14 Å². The molecular formula is C22H44BO4PS. The van der Waals surface area contributed by atoms with Gasteiger partial charge in [0.15, 0.2) is 0 Å². The van der Waals surface area contributed by atoms with Crippen molar-refractivity contribution in [2.75, 3.05) is 12.4 Å². The third-order valence-corrected chi connectivity index (χ3v) is 16.4. The number of rotatable bonds is 9. The minimum atomic E-state index is -3.83. The fourth-order valence-corrected chi connectivity index (χ4v) is 14.4. The Bertz CT molecular complexity index is 570. The Hall–Kier alpha value is 0.365. The second kappa shape index (κ2) is 11.3. The summed E-state index contributed by atoms with van der Waals surface area (Å²) in [5, 5.41) is 0. The van der Waals surface area contributed by atoms with Gasteiger partial charge in [-0.2, -0.15) is 0 Å². The second-order valence-electron chi connectivity index (χ2n) is 10.4. The van der Waals surface area contributed by atoms with Gasteiger partial charge < -0.3 is 0 Å². The van der Waals surface area contributed by atoms with Gasteiger partial charge in [0, 0.05) is 0 Å². The van der Waals surface area contributed by atoms with Crippen LogP contribution in [0.3, 0.4) is 0 Å². The third-order valence-electron chi connectivity index (χ3n) is 8.63. The van der Waals surface area contributed by atoms with Crippen LogP contribution in [0.5, 0.6) is 0 Å². The molecule has 0 bridgehead atoms. The van der Waals surface area contributed by atoms with Crippen LogP contribution in [0.2, 0.25) is 0 Å². The van der Waals surface area contributed by atoms with E-state index in [1.165, 1.54) is 89.9 Å². The summed E-state index contributed by atoms with van der Waals surface area (Å²) < 4.78 is 36.9. The zero-order valence-electron chi connectivity index (χ0n) is 18.6. The first-order valence-electron chi connectivity index (χ1n) is 12.5. The van der Waals surface area contributed by atoms with E-state index in [0.717, 1.165) is 23.4 Å². The Morgan fingerprint density at radius 3 is 1.90 bits per heavy atom. The molecule has 7 heteroatoms. The first kappa shape index (κ1) is 24.0. The van der Waals surface area contributed by atoms with Gasteiger partial charge in [-0.05, 0) is 0 Å². The maximum atomic E-state index is 10.9. The molecule has 3 rings (SSSR count). The van der Waals surface area contributed by atoms with Gasteiger partial charge >= 0.3 is 181 Å². The Morgan fingerprint density at radius 2 is 1.34 bits per heavy atom. The van der Waals surface area contributed by atoms with Crippen LogP contribution in [0.4, 0.5) is 0 Å². The van der Waals surface area contributed by atoms with Crippen LogP contribution in [0.25, 0.3) is 0 Å². The molecule has 1 N–H and O–H groups in total. The molecule has 0 heterocycles. The fraction of sp³-hybridized carbons (Fsp3) is 1.00. The molecule has 0 aromatic carbocycles. The quantitative estimate of drug-likeness (QED) is 0.236. The van der Waals surface area contributed by atoms with E-state index in [2.05, 4.69) is 7.57 Å². The van der Waals surface area contributed by atoms with E-state index >= 15 is 0 Å². The van der Waals surface area contributed by atoms with Gasteiger partial charge in [0.25, 0.3) is 0 Å². The average molecular weight is 446 g/mol. The summed E-state index contributed by atoms with van der Waals surface area (Å²) in [6.45, 7) is 0.637. The van der Waals surface area contributed by atoms with Crippen LogP contribution in [-0.4, -0.2) is 56.0 Å². The topological polar surface area (TPSA) is 63.6 Å². The first-order valence-corrected chi connectivity index (χ1v) is 16.8. The standard InChI is InChI=1S/C22H44BO4PS/c23-28(20-11-3-1-4-12-20,21-13-5-2-6-14-21)22-15-9-10-19(18-22)27-16-7-8-17-29(24,25)26/h19-22,28H,1-18,23H2,(H,24,25,26). The third kappa shape index (κ3) is 6.92. The SMILES string of the molecule is B[PH](C1CCCCC1)(C1CCCCC1)C1CCCC(OCCCCS(=O)(=O)O)C1. The zero-order valence-corrected chi connectivity index (χ0v) is 20.4. The Morgan fingerprint density at radius 1 is 0.793 bits per heavy atom. The molecule has 2 atom stereocenters. The average Bonchev–Trinajstić information content (AvgIpc) is 2.73. The molecule has 0 radical (unpaired) electrons. The minimum absolute atomic E-state index is 0.141. The van der Waals surface area contributed by atoms with Crippen molar-refractivity contribution in [3.05, 3.63) is 0 Å². The Kier molecular flexibility index (Phi) is 9.35. The molecule has 0 amide bonds. The Labute approximate surface area is 180 Å². The number of ether oxygens (including phenoxy) is 1. The molecule has 0 aliphatic heterocycles. The monoisotopic (exact) mass is 446 g/mol. The second-order valence-corrected chi connectivity index (χ2v) is 17.1. The predicted octanol–water partition coefficient (Wildman–Crippen LogP) is 4.95. The summed E-state index contributed by atoms with van der Waals surface area (Å²) in [4.78, 5) is 0. The van der Waals surface area contributed by atoms with Crippen LogP contribution in [0.1, 0.15) is 103 Å². The molecule has 170 valence electrons. The van der Waals surface area contributed by atoms with Gasteiger partial charge in [-0.25, -0.2) is 0 Å². The molecule has 29 heavy (non-hydrogen) atoms. The van der Waals surface area contributed by atoms with Crippen molar-refractivity contribution in [3.8, 4) is 0 Å². The van der Waals surface area contributed by atoms with E-state index in [4.69, 9.17) is 9.29 Å². The molecule has 0 spiro atoms. The van der Waals surface area contributed by atoms with Crippen molar-refractivity contribution in [2.24, 2.45) is 0 Å². The molecule has 0 aromatic heterocycles. The molecule has 0 saturated heterocycles. The van der Waals surface area contributed by atoms with E-state index in [-0.39, 0.29) is 5.75 Å². The van der Waals surface area contributed by atoms with Gasteiger partial charge in [-0.3, -0.25) is 0 Å². The van der Waals surface area contributed by atoms with E-state index < -0.39 is 17.3 Å². The van der Waals surface area contributed by atoms with Crippen molar-refractivity contribution in [1.29, 1.82) is 0 Å². The molecule has 4 nitrogen and oxygen atoms in total. The summed E-state index contributed by atoms with van der Waals surface area (Å²) in [6, 6.07) is 0. The van der Waals surface area contributed by atoms with Gasteiger partial charge in [0.05, 0.1) is 0 Å². The molecule has 3 aliphatic carbocycles. The van der Waals surface area contributed by atoms with E-state index in [1.807, 2.05) is 0 Å². The summed E-state index contributed by atoms with van der Waals surface area (Å²) in [7, 11) is -2.39. The number of unbranched alkanes of at least 4 members (excludes halogenated alkanes) is 1. The zero-order chi connectivity index (χ0) is 20.7. The first-order chi connectivity index (χ1) is 13.9. The maximum absolute atomic E-state index is 10.9. The summed E-state index contributed by atoms with van der Waals surface area (Å²) >= 11 is 0. The van der Waals surface area contributed by atoms with E-state index in [0.29, 0.717) is 19.1 Å². The van der Waals surface area contributed by atoms with Crippen LogP contribution in [0.15, 0.2) is 0 Å². The van der Waals surface area contributed by atoms with Crippen molar-refractivity contribution in [3.63, 3.8) is 0 Å². The van der Waals surface area contributed by atoms with Crippen LogP contribution < -0.4 is 0 Å². The van der Waals surface area contributed by atoms with Crippen molar-refractivity contribution < 1.29 is 17.7 Å². The van der Waals surface area contributed by atoms with Gasteiger partial charge in [0.2, 0.25) is 0 Å². The summed E-state index contributed by atoms with van der Waals surface area (Å²) in [6.07, 6.45) is 21.5. The number of hydrogen-bond donors (Lipinski definition) is 1. The molecule has 0 aromatic rings. The van der Waals surface area contributed by atoms with E-state index in [9.17, 15) is 8.42 Å². The van der Waals surface area contributed by atoms with Gasteiger partial charge in [-0.1, -0.05) is 0 Å². The molecular weight excluding hydrogens is 402 g/mol. The normalized spacial score (nSPS) is 29.0. The van der Waals surface area contributed by atoms with Crippen molar-refractivity contribution >= 4 is 24.8 Å². The van der Waals surface area contributed by atoms with Gasteiger partial charge in [0.1, 0.15) is 0 Å². The summed E-state index contributed by atoms with van der Waals surface area (Å²) in [5.74, 6) is -0.141.